The number of fused-ring (bicyclic) bond motifs is 3. The number of nitrogens with one attached hydrogen (secondary N) is 1. The van der Waals surface area contributed by atoms with Crippen LogP contribution in [0.5, 0.6) is 5.75 Å². The standard InChI is InChI=1S/C28H27N3O3/c1-3-18-34-21-16-14-20(15-17-21)26-24(27(32)33-4-2)25(19-10-6-5-7-11-19)30-28-29-22-12-8-9-13-23(22)31(26)28/h5-17,26H,3-4,18H2,1-2H3,(H,29,30)/t26-/m1/s1. The van der Waals surface area contributed by atoms with E-state index in [4.69, 9.17) is 14.5 Å². The smallest absolute Gasteiger partial charge is 0.338 e. The minimum atomic E-state index is -0.418. The van der Waals surface area contributed by atoms with E-state index in [1.165, 1.54) is 0 Å². The van der Waals surface area contributed by atoms with Gasteiger partial charge in [0.15, 0.2) is 0 Å². The van der Waals surface area contributed by atoms with Gasteiger partial charge in [-0.15, -0.1) is 0 Å². The van der Waals surface area contributed by atoms with Crippen molar-refractivity contribution in [3.05, 3.63) is 95.6 Å². The third-order valence-electron chi connectivity index (χ3n) is 5.86. The predicted molar refractivity (Wildman–Crippen MR) is 134 cm³/mol. The Labute approximate surface area is 198 Å². The van der Waals surface area contributed by atoms with Crippen LogP contribution in [-0.2, 0) is 9.53 Å². The lowest BCUT2D eigenvalue weighted by Crippen LogP contribution is -2.29. The predicted octanol–water partition coefficient (Wildman–Crippen LogP) is 5.81. The van der Waals surface area contributed by atoms with Crippen molar-refractivity contribution in [2.75, 3.05) is 18.5 Å². The number of para-hydroxylation sites is 2. The summed E-state index contributed by atoms with van der Waals surface area (Å²) in [6.07, 6.45) is 0.941. The maximum atomic E-state index is 13.5. The molecule has 1 N–H and O–H groups in total. The normalized spacial score (nSPS) is 15.1. The van der Waals surface area contributed by atoms with Gasteiger partial charge >= 0.3 is 5.97 Å². The summed E-state index contributed by atoms with van der Waals surface area (Å²) in [7, 11) is 0. The molecule has 0 saturated carbocycles. The zero-order chi connectivity index (χ0) is 23.5. The van der Waals surface area contributed by atoms with E-state index in [1.54, 1.807) is 0 Å². The van der Waals surface area contributed by atoms with E-state index in [-0.39, 0.29) is 5.97 Å². The molecule has 6 heteroatoms. The summed E-state index contributed by atoms with van der Waals surface area (Å²) in [5.41, 5.74) is 4.90. The molecule has 0 bridgehead atoms. The van der Waals surface area contributed by atoms with Gasteiger partial charge in [-0.25, -0.2) is 9.78 Å². The highest BCUT2D eigenvalue weighted by Gasteiger charge is 2.36. The van der Waals surface area contributed by atoms with Crippen LogP contribution in [-0.4, -0.2) is 28.7 Å². The lowest BCUT2D eigenvalue weighted by atomic mass is 9.92. The summed E-state index contributed by atoms with van der Waals surface area (Å²) < 4.78 is 13.4. The van der Waals surface area contributed by atoms with Gasteiger partial charge in [-0.1, -0.05) is 61.5 Å². The van der Waals surface area contributed by atoms with Crippen LogP contribution < -0.4 is 10.1 Å². The van der Waals surface area contributed by atoms with Crippen LogP contribution in [0.1, 0.15) is 37.4 Å². The molecule has 0 radical (unpaired) electrons. The minimum absolute atomic E-state index is 0.290. The van der Waals surface area contributed by atoms with Crippen LogP contribution in [0.3, 0.4) is 0 Å². The molecule has 1 aromatic heterocycles. The number of nitrogens with zero attached hydrogens (tertiary/aromatic N) is 2. The molecule has 1 aliphatic heterocycles. The first kappa shape index (κ1) is 21.8. The molecule has 0 fully saturated rings. The first-order valence-electron chi connectivity index (χ1n) is 11.6. The summed E-state index contributed by atoms with van der Waals surface area (Å²) in [5.74, 6) is 1.14. The van der Waals surface area contributed by atoms with Crippen molar-refractivity contribution < 1.29 is 14.3 Å². The molecule has 5 rings (SSSR count). The summed E-state index contributed by atoms with van der Waals surface area (Å²) in [5, 5.41) is 3.44. The second-order valence-electron chi connectivity index (χ2n) is 8.11. The Hall–Kier alpha value is -4.06. The monoisotopic (exact) mass is 453 g/mol. The first-order valence-corrected chi connectivity index (χ1v) is 11.6. The SMILES string of the molecule is CCCOc1ccc([C@@H]2C(C(=O)OCC)=C(c3ccccc3)Nc3nc4ccccc4n32)cc1. The number of hydrogen-bond donors (Lipinski definition) is 1. The number of ether oxygens (including phenoxy) is 2. The maximum Gasteiger partial charge on any atom is 0.338 e. The van der Waals surface area contributed by atoms with Gasteiger partial charge in [-0.3, -0.25) is 4.57 Å². The topological polar surface area (TPSA) is 65.4 Å². The van der Waals surface area contributed by atoms with E-state index in [0.717, 1.165) is 34.3 Å². The van der Waals surface area contributed by atoms with Gasteiger partial charge in [0.05, 0.1) is 41.6 Å². The van der Waals surface area contributed by atoms with Gasteiger partial charge in [0.2, 0.25) is 5.95 Å². The number of carbonyl (C=O) groups excluding carboxylic acids is 1. The first-order chi connectivity index (χ1) is 16.7. The highest BCUT2D eigenvalue weighted by Crippen LogP contribution is 2.42. The number of esters is 1. The van der Waals surface area contributed by atoms with Crippen LogP contribution in [0, 0.1) is 0 Å². The van der Waals surface area contributed by atoms with Crippen molar-refractivity contribution in [1.29, 1.82) is 0 Å². The number of hydrogen-bond acceptors (Lipinski definition) is 5. The minimum Gasteiger partial charge on any atom is -0.494 e. The molecule has 0 spiro atoms. The number of carbonyl (C=O) groups is 1. The zero-order valence-electron chi connectivity index (χ0n) is 19.3. The Morgan fingerprint density at radius 2 is 1.71 bits per heavy atom. The van der Waals surface area contributed by atoms with E-state index in [9.17, 15) is 4.79 Å². The molecule has 2 heterocycles. The number of benzene rings is 3. The fourth-order valence-corrected chi connectivity index (χ4v) is 4.38. The summed E-state index contributed by atoms with van der Waals surface area (Å²) in [6.45, 7) is 4.86. The molecule has 1 aliphatic rings. The van der Waals surface area contributed by atoms with E-state index in [2.05, 4.69) is 16.8 Å². The fourth-order valence-electron chi connectivity index (χ4n) is 4.38. The summed E-state index contributed by atoms with van der Waals surface area (Å²) >= 11 is 0. The van der Waals surface area contributed by atoms with Gasteiger partial charge in [0, 0.05) is 0 Å². The molecule has 0 saturated heterocycles. The molecule has 1 atom stereocenters. The second-order valence-corrected chi connectivity index (χ2v) is 8.11. The van der Waals surface area contributed by atoms with Crippen molar-refractivity contribution in [2.24, 2.45) is 0 Å². The Morgan fingerprint density at radius 3 is 2.44 bits per heavy atom. The van der Waals surface area contributed by atoms with E-state index >= 15 is 0 Å². The van der Waals surface area contributed by atoms with Crippen LogP contribution >= 0.6 is 0 Å². The van der Waals surface area contributed by atoms with Crippen molar-refractivity contribution in [3.8, 4) is 5.75 Å². The van der Waals surface area contributed by atoms with Gasteiger partial charge in [0.25, 0.3) is 0 Å². The molecule has 34 heavy (non-hydrogen) atoms. The van der Waals surface area contributed by atoms with Gasteiger partial charge in [-0.05, 0) is 48.7 Å². The van der Waals surface area contributed by atoms with Gasteiger partial charge in [0.1, 0.15) is 5.75 Å². The summed E-state index contributed by atoms with van der Waals surface area (Å²) in [4.78, 5) is 18.3. The average molecular weight is 454 g/mol. The van der Waals surface area contributed by atoms with Crippen molar-refractivity contribution in [2.45, 2.75) is 26.3 Å². The average Bonchev–Trinajstić information content (AvgIpc) is 3.25. The molecule has 6 nitrogen and oxygen atoms in total. The van der Waals surface area contributed by atoms with Crippen molar-refractivity contribution in [3.63, 3.8) is 0 Å². The fraction of sp³-hybridized carbons (Fsp3) is 0.214. The van der Waals surface area contributed by atoms with Crippen LogP contribution in [0.15, 0.2) is 84.4 Å². The highest BCUT2D eigenvalue weighted by atomic mass is 16.5. The van der Waals surface area contributed by atoms with Crippen LogP contribution in [0.25, 0.3) is 16.7 Å². The number of aromatic nitrogens is 2. The third-order valence-corrected chi connectivity index (χ3v) is 5.86. The van der Waals surface area contributed by atoms with Crippen molar-refractivity contribution >= 4 is 28.6 Å². The van der Waals surface area contributed by atoms with Crippen LogP contribution in [0.2, 0.25) is 0 Å². The lowest BCUT2D eigenvalue weighted by molar-refractivity contribution is -0.138. The Kier molecular flexibility index (Phi) is 6.04. The molecule has 172 valence electrons. The molecule has 0 amide bonds. The molecule has 4 aromatic rings. The van der Waals surface area contributed by atoms with E-state index in [1.807, 2.05) is 85.8 Å². The molecule has 0 unspecified atom stereocenters. The Morgan fingerprint density at radius 1 is 0.971 bits per heavy atom. The largest absolute Gasteiger partial charge is 0.494 e. The molecular weight excluding hydrogens is 426 g/mol. The second kappa shape index (κ2) is 9.43. The number of anilines is 1. The van der Waals surface area contributed by atoms with Gasteiger partial charge in [-0.2, -0.15) is 0 Å². The van der Waals surface area contributed by atoms with Gasteiger partial charge < -0.3 is 14.8 Å². The highest BCUT2D eigenvalue weighted by molar-refractivity contribution is 6.03. The number of rotatable bonds is 7. The summed E-state index contributed by atoms with van der Waals surface area (Å²) in [6, 6.07) is 25.3. The quantitative estimate of drug-likeness (QED) is 0.358. The zero-order valence-corrected chi connectivity index (χ0v) is 19.3. The number of imidazole rings is 1. The van der Waals surface area contributed by atoms with Crippen LogP contribution in [0.4, 0.5) is 5.95 Å². The molecular formula is C28H27N3O3. The van der Waals surface area contributed by atoms with E-state index < -0.39 is 6.04 Å². The third kappa shape index (κ3) is 3.92. The van der Waals surface area contributed by atoms with E-state index in [0.29, 0.717) is 30.4 Å². The lowest BCUT2D eigenvalue weighted by Gasteiger charge is -2.31. The Bertz CT molecular complexity index is 1340. The maximum absolute atomic E-state index is 13.5. The van der Waals surface area contributed by atoms with Crippen molar-refractivity contribution in [1.82, 2.24) is 9.55 Å². The molecule has 3 aromatic carbocycles. The molecule has 0 aliphatic carbocycles. The Balaban J connectivity index is 1.74.